The molecule has 3 fully saturated rings. The number of pyridine rings is 1. The maximum Gasteiger partial charge on any atom is 0.407 e. The molecule has 2 aromatic carbocycles. The van der Waals surface area contributed by atoms with Gasteiger partial charge in [0, 0.05) is 49.7 Å². The van der Waals surface area contributed by atoms with Gasteiger partial charge < -0.3 is 19.6 Å². The fourth-order valence-electron chi connectivity index (χ4n) is 7.23. The van der Waals surface area contributed by atoms with Gasteiger partial charge in [0.2, 0.25) is 0 Å². The standard InChI is InChI=1S/C32H30F3N7O3/c33-20-14-32(9-3-11-41(32)16-20)18-45-30-38-28-23(29(39-30)40-12-13-42(31(43)44)21(17-40)8-10-36)15-37-27(26(28)35)22-6-1-4-19-5-2-7-24(34)25(19)22/h1-2,4-7,15,20-21H,3,8-9,11-14,16-18H2,(H,43,44)/t20-,21+,32+/m1/s1. The lowest BCUT2D eigenvalue weighted by Crippen LogP contribution is -2.55. The number of alkyl halides is 1. The third kappa shape index (κ3) is 5.03. The Bertz CT molecular complexity index is 1850. The summed E-state index contributed by atoms with van der Waals surface area (Å²) in [4.78, 5) is 30.5. The molecule has 10 nitrogen and oxygen atoms in total. The molecule has 4 aromatic rings. The molecule has 2 aromatic heterocycles. The van der Waals surface area contributed by atoms with Crippen LogP contribution in [-0.4, -0.2) is 93.0 Å². The molecule has 13 heteroatoms. The van der Waals surface area contributed by atoms with E-state index >= 15 is 8.78 Å². The Balaban J connectivity index is 1.34. The number of anilines is 1. The highest BCUT2D eigenvalue weighted by Crippen LogP contribution is 2.41. The Hall–Kier alpha value is -4.70. The number of ether oxygens (including phenoxy) is 1. The van der Waals surface area contributed by atoms with Gasteiger partial charge in [0.1, 0.15) is 35.6 Å². The van der Waals surface area contributed by atoms with Crippen molar-refractivity contribution in [3.05, 3.63) is 54.2 Å². The first-order chi connectivity index (χ1) is 21.8. The van der Waals surface area contributed by atoms with Crippen molar-refractivity contribution in [2.24, 2.45) is 0 Å². The fourth-order valence-corrected chi connectivity index (χ4v) is 7.23. The van der Waals surface area contributed by atoms with E-state index in [0.717, 1.165) is 19.4 Å². The molecule has 3 aliphatic rings. The minimum Gasteiger partial charge on any atom is -0.465 e. The summed E-state index contributed by atoms with van der Waals surface area (Å²) in [6, 6.07) is 10.9. The first-order valence-corrected chi connectivity index (χ1v) is 15.0. The van der Waals surface area contributed by atoms with E-state index in [1.54, 1.807) is 35.2 Å². The SMILES string of the molecule is N#CC[C@H]1CN(c2nc(OC[C@@]34CCCN3C[C@H](F)C4)nc3c(F)c(-c4cccc5cccc(F)c45)ncc23)CCN1C(=O)O. The van der Waals surface area contributed by atoms with Crippen LogP contribution in [0.1, 0.15) is 25.7 Å². The van der Waals surface area contributed by atoms with Crippen LogP contribution in [0.25, 0.3) is 32.9 Å². The molecule has 3 atom stereocenters. The zero-order valence-electron chi connectivity index (χ0n) is 24.3. The number of piperazine rings is 1. The fraction of sp³-hybridized carbons (Fsp3) is 0.406. The Morgan fingerprint density at radius 3 is 2.76 bits per heavy atom. The second kappa shape index (κ2) is 11.3. The van der Waals surface area contributed by atoms with Gasteiger partial charge in [-0.1, -0.05) is 30.3 Å². The number of rotatable bonds is 6. The largest absolute Gasteiger partial charge is 0.465 e. The van der Waals surface area contributed by atoms with Crippen molar-refractivity contribution in [2.75, 3.05) is 44.2 Å². The minimum absolute atomic E-state index is 0.0403. The lowest BCUT2D eigenvalue weighted by atomic mass is 9.95. The zero-order chi connectivity index (χ0) is 31.3. The van der Waals surface area contributed by atoms with Crippen LogP contribution >= 0.6 is 0 Å². The van der Waals surface area contributed by atoms with Gasteiger partial charge in [-0.2, -0.15) is 15.2 Å². The third-order valence-electron chi connectivity index (χ3n) is 9.34. The lowest BCUT2D eigenvalue weighted by Gasteiger charge is -2.40. The Kier molecular flexibility index (Phi) is 7.32. The summed E-state index contributed by atoms with van der Waals surface area (Å²) < 4.78 is 52.2. The normalized spacial score (nSPS) is 23.4. The molecule has 5 heterocycles. The first-order valence-electron chi connectivity index (χ1n) is 15.0. The Morgan fingerprint density at radius 2 is 1.96 bits per heavy atom. The average molecular weight is 618 g/mol. The molecule has 0 saturated carbocycles. The van der Waals surface area contributed by atoms with Crippen LogP contribution in [0.15, 0.2) is 42.6 Å². The van der Waals surface area contributed by atoms with Crippen LogP contribution in [0.3, 0.4) is 0 Å². The molecule has 0 bridgehead atoms. The molecule has 0 unspecified atom stereocenters. The molecule has 1 amide bonds. The summed E-state index contributed by atoms with van der Waals surface area (Å²) in [6.07, 6.45) is 1.30. The number of carbonyl (C=O) groups is 1. The summed E-state index contributed by atoms with van der Waals surface area (Å²) >= 11 is 0. The number of nitrogens with zero attached hydrogens (tertiary/aromatic N) is 7. The average Bonchev–Trinajstić information content (AvgIpc) is 3.55. The minimum atomic E-state index is -1.13. The molecule has 0 aliphatic carbocycles. The van der Waals surface area contributed by atoms with E-state index in [1.165, 1.54) is 17.2 Å². The van der Waals surface area contributed by atoms with Crippen LogP contribution in [0, 0.1) is 23.0 Å². The van der Waals surface area contributed by atoms with E-state index < -0.39 is 35.5 Å². The number of nitriles is 1. The molecule has 232 valence electrons. The van der Waals surface area contributed by atoms with E-state index in [4.69, 9.17) is 4.74 Å². The van der Waals surface area contributed by atoms with E-state index in [0.29, 0.717) is 18.4 Å². The summed E-state index contributed by atoms with van der Waals surface area (Å²) in [7, 11) is 0. The second-order valence-corrected chi connectivity index (χ2v) is 12.0. The van der Waals surface area contributed by atoms with E-state index in [-0.39, 0.29) is 72.0 Å². The van der Waals surface area contributed by atoms with Crippen molar-refractivity contribution in [3.63, 3.8) is 0 Å². The van der Waals surface area contributed by atoms with Gasteiger partial charge in [-0.15, -0.1) is 0 Å². The molecular formula is C32H30F3N7O3. The Morgan fingerprint density at radius 1 is 1.13 bits per heavy atom. The second-order valence-electron chi connectivity index (χ2n) is 12.0. The topological polar surface area (TPSA) is 119 Å². The molecular weight excluding hydrogens is 587 g/mol. The molecule has 7 rings (SSSR count). The quantitative estimate of drug-likeness (QED) is 0.313. The number of amides is 1. The Labute approximate surface area is 256 Å². The highest BCUT2D eigenvalue weighted by molar-refractivity contribution is 5.99. The smallest absolute Gasteiger partial charge is 0.407 e. The summed E-state index contributed by atoms with van der Waals surface area (Å²) in [5.41, 5.74) is -0.423. The maximum absolute atomic E-state index is 16.6. The molecule has 3 saturated heterocycles. The molecule has 45 heavy (non-hydrogen) atoms. The van der Waals surface area contributed by atoms with Crippen LogP contribution in [0.4, 0.5) is 23.8 Å². The highest BCUT2D eigenvalue weighted by atomic mass is 19.1. The van der Waals surface area contributed by atoms with Crippen molar-refractivity contribution in [3.8, 4) is 23.3 Å². The van der Waals surface area contributed by atoms with Crippen LogP contribution in [0.5, 0.6) is 6.01 Å². The number of hydrogen-bond acceptors (Lipinski definition) is 8. The summed E-state index contributed by atoms with van der Waals surface area (Å²) in [5.74, 6) is -1.03. The number of halogens is 3. The van der Waals surface area contributed by atoms with Gasteiger partial charge in [-0.3, -0.25) is 9.88 Å². The summed E-state index contributed by atoms with van der Waals surface area (Å²) in [6.45, 7) is 1.68. The number of carboxylic acid groups (broad SMARTS) is 1. The lowest BCUT2D eigenvalue weighted by molar-refractivity contribution is 0.107. The number of benzene rings is 2. The van der Waals surface area contributed by atoms with Gasteiger partial charge in [-0.25, -0.2) is 18.0 Å². The summed E-state index contributed by atoms with van der Waals surface area (Å²) in [5, 5.41) is 20.1. The molecule has 3 aliphatic heterocycles. The predicted molar refractivity (Wildman–Crippen MR) is 160 cm³/mol. The first kappa shape index (κ1) is 29.0. The van der Waals surface area contributed by atoms with Crippen LogP contribution < -0.4 is 9.64 Å². The third-order valence-corrected chi connectivity index (χ3v) is 9.34. The number of fused-ring (bicyclic) bond motifs is 3. The number of aromatic nitrogens is 3. The van der Waals surface area contributed by atoms with E-state index in [9.17, 15) is 19.6 Å². The van der Waals surface area contributed by atoms with E-state index in [2.05, 4.69) is 19.9 Å². The molecule has 0 radical (unpaired) electrons. The predicted octanol–water partition coefficient (Wildman–Crippen LogP) is 5.16. The van der Waals surface area contributed by atoms with Gasteiger partial charge in [-0.05, 0) is 30.8 Å². The van der Waals surface area contributed by atoms with Crippen molar-refractivity contribution in [2.45, 2.75) is 43.4 Å². The van der Waals surface area contributed by atoms with Gasteiger partial charge >= 0.3 is 12.1 Å². The van der Waals surface area contributed by atoms with Crippen molar-refractivity contribution < 1.29 is 27.8 Å². The highest BCUT2D eigenvalue weighted by Gasteiger charge is 2.49. The monoisotopic (exact) mass is 617 g/mol. The maximum atomic E-state index is 16.6. The van der Waals surface area contributed by atoms with Crippen LogP contribution in [-0.2, 0) is 0 Å². The van der Waals surface area contributed by atoms with Crippen molar-refractivity contribution in [1.82, 2.24) is 24.8 Å². The van der Waals surface area contributed by atoms with Gasteiger partial charge in [0.25, 0.3) is 0 Å². The van der Waals surface area contributed by atoms with E-state index in [1.807, 2.05) is 6.07 Å². The van der Waals surface area contributed by atoms with Gasteiger partial charge in [0.15, 0.2) is 5.82 Å². The van der Waals surface area contributed by atoms with Crippen molar-refractivity contribution in [1.29, 1.82) is 5.26 Å². The van der Waals surface area contributed by atoms with Gasteiger partial charge in [0.05, 0.1) is 29.5 Å². The van der Waals surface area contributed by atoms with Crippen LogP contribution in [0.2, 0.25) is 0 Å². The molecule has 0 spiro atoms. The van der Waals surface area contributed by atoms with Crippen molar-refractivity contribution >= 4 is 33.6 Å². The number of hydrogen-bond donors (Lipinski definition) is 1. The zero-order valence-corrected chi connectivity index (χ0v) is 24.3. The molecule has 1 N–H and O–H groups in total.